The van der Waals surface area contributed by atoms with Gasteiger partial charge in [0.25, 0.3) is 0 Å². The summed E-state index contributed by atoms with van der Waals surface area (Å²) in [5.41, 5.74) is 0. The van der Waals surface area contributed by atoms with Crippen LogP contribution in [0.4, 0.5) is 13.2 Å². The van der Waals surface area contributed by atoms with Crippen LogP contribution in [-0.2, 0) is 0 Å². The Labute approximate surface area is 101 Å². The second kappa shape index (κ2) is 5.14. The van der Waals surface area contributed by atoms with Crippen molar-refractivity contribution in [1.82, 2.24) is 10.2 Å². The van der Waals surface area contributed by atoms with Crippen LogP contribution in [0.15, 0.2) is 0 Å². The van der Waals surface area contributed by atoms with Crippen LogP contribution in [0.5, 0.6) is 0 Å². The largest absolute Gasteiger partial charge is 0.390 e. The van der Waals surface area contributed by atoms with E-state index in [1.165, 1.54) is 12.8 Å². The number of fused-ring (bicyclic) bond motifs is 2. The molecule has 2 bridgehead atoms. The van der Waals surface area contributed by atoms with Crippen molar-refractivity contribution in [3.05, 3.63) is 0 Å². The molecule has 1 aliphatic heterocycles. The first kappa shape index (κ1) is 13.1. The second-order valence-electron chi connectivity index (χ2n) is 5.29. The van der Waals surface area contributed by atoms with Crippen molar-refractivity contribution < 1.29 is 13.2 Å². The van der Waals surface area contributed by atoms with E-state index in [0.717, 1.165) is 19.6 Å². The Balaban J connectivity index is 1.79. The van der Waals surface area contributed by atoms with E-state index in [2.05, 4.69) is 17.1 Å². The lowest BCUT2D eigenvalue weighted by Crippen LogP contribution is -2.51. The normalized spacial score (nSPS) is 34.2. The predicted molar refractivity (Wildman–Crippen MR) is 60.8 cm³/mol. The molecule has 0 aromatic heterocycles. The SMILES string of the molecule is CCN1C[C@H]2CC[C@@H](C1)[C@H]2NCCC(F)(F)F. The van der Waals surface area contributed by atoms with Gasteiger partial charge in [0, 0.05) is 25.7 Å². The van der Waals surface area contributed by atoms with Gasteiger partial charge in [-0.05, 0) is 31.2 Å². The zero-order chi connectivity index (χ0) is 12.5. The van der Waals surface area contributed by atoms with Crippen molar-refractivity contribution in [3.63, 3.8) is 0 Å². The molecule has 100 valence electrons. The lowest BCUT2D eigenvalue weighted by Gasteiger charge is -2.38. The molecular weight excluding hydrogens is 229 g/mol. The quantitative estimate of drug-likeness (QED) is 0.823. The molecule has 2 aliphatic rings. The lowest BCUT2D eigenvalue weighted by molar-refractivity contribution is -0.134. The first-order valence-electron chi connectivity index (χ1n) is 6.52. The van der Waals surface area contributed by atoms with Gasteiger partial charge in [-0.25, -0.2) is 0 Å². The van der Waals surface area contributed by atoms with E-state index in [9.17, 15) is 13.2 Å². The number of nitrogens with one attached hydrogen (secondary N) is 1. The Kier molecular flexibility index (Phi) is 3.98. The fraction of sp³-hybridized carbons (Fsp3) is 1.00. The molecule has 2 rings (SSSR count). The van der Waals surface area contributed by atoms with E-state index in [4.69, 9.17) is 0 Å². The Morgan fingerprint density at radius 1 is 1.18 bits per heavy atom. The number of hydrogen-bond acceptors (Lipinski definition) is 2. The highest BCUT2D eigenvalue weighted by atomic mass is 19.4. The highest BCUT2D eigenvalue weighted by Gasteiger charge is 2.41. The maximum Gasteiger partial charge on any atom is 0.390 e. The fourth-order valence-corrected chi connectivity index (χ4v) is 3.29. The van der Waals surface area contributed by atoms with E-state index >= 15 is 0 Å². The fourth-order valence-electron chi connectivity index (χ4n) is 3.29. The zero-order valence-corrected chi connectivity index (χ0v) is 10.3. The van der Waals surface area contributed by atoms with Crippen LogP contribution >= 0.6 is 0 Å². The number of piperidine rings is 1. The van der Waals surface area contributed by atoms with Crippen LogP contribution in [-0.4, -0.2) is 43.3 Å². The van der Waals surface area contributed by atoms with E-state index in [1.54, 1.807) is 0 Å². The summed E-state index contributed by atoms with van der Waals surface area (Å²) in [6.45, 7) is 5.39. The molecule has 2 nitrogen and oxygen atoms in total. The molecule has 0 spiro atoms. The monoisotopic (exact) mass is 250 g/mol. The maximum atomic E-state index is 12.1. The molecule has 2 fully saturated rings. The van der Waals surface area contributed by atoms with Crippen molar-refractivity contribution in [2.75, 3.05) is 26.2 Å². The van der Waals surface area contributed by atoms with Crippen molar-refractivity contribution in [3.8, 4) is 0 Å². The first-order valence-corrected chi connectivity index (χ1v) is 6.52. The van der Waals surface area contributed by atoms with Crippen LogP contribution in [0.2, 0.25) is 0 Å². The van der Waals surface area contributed by atoms with Crippen LogP contribution < -0.4 is 5.32 Å². The number of halogens is 3. The number of rotatable bonds is 4. The van der Waals surface area contributed by atoms with Gasteiger partial charge in [0.1, 0.15) is 0 Å². The van der Waals surface area contributed by atoms with Crippen molar-refractivity contribution >= 4 is 0 Å². The Hall–Kier alpha value is -0.290. The summed E-state index contributed by atoms with van der Waals surface area (Å²) in [7, 11) is 0. The molecular formula is C12H21F3N2. The molecule has 17 heavy (non-hydrogen) atoms. The average Bonchev–Trinajstić information content (AvgIpc) is 2.49. The standard InChI is InChI=1S/C12H21F3N2/c1-2-17-7-9-3-4-10(8-17)11(9)16-6-5-12(13,14)15/h9-11,16H,2-8H2,1H3/t9-,10+,11+. The number of hydrogen-bond donors (Lipinski definition) is 1. The van der Waals surface area contributed by atoms with Gasteiger partial charge >= 0.3 is 6.18 Å². The first-order chi connectivity index (χ1) is 7.99. The van der Waals surface area contributed by atoms with Crippen LogP contribution in [0.25, 0.3) is 0 Å². The smallest absolute Gasteiger partial charge is 0.313 e. The van der Waals surface area contributed by atoms with Gasteiger partial charge in [-0.1, -0.05) is 6.92 Å². The molecule has 0 unspecified atom stereocenters. The molecule has 1 saturated heterocycles. The van der Waals surface area contributed by atoms with Crippen LogP contribution in [0.1, 0.15) is 26.2 Å². The zero-order valence-electron chi connectivity index (χ0n) is 10.3. The van der Waals surface area contributed by atoms with Gasteiger partial charge < -0.3 is 10.2 Å². The third-order valence-corrected chi connectivity index (χ3v) is 4.15. The molecule has 3 atom stereocenters. The Morgan fingerprint density at radius 2 is 1.76 bits per heavy atom. The Morgan fingerprint density at radius 3 is 2.24 bits per heavy atom. The van der Waals surface area contributed by atoms with Crippen molar-refractivity contribution in [2.45, 2.75) is 38.4 Å². The maximum absolute atomic E-state index is 12.1. The van der Waals surface area contributed by atoms with Crippen molar-refractivity contribution in [2.24, 2.45) is 11.8 Å². The molecule has 0 aromatic rings. The van der Waals surface area contributed by atoms with Gasteiger partial charge in [-0.3, -0.25) is 0 Å². The summed E-state index contributed by atoms with van der Waals surface area (Å²) >= 11 is 0. The minimum atomic E-state index is -4.03. The summed E-state index contributed by atoms with van der Waals surface area (Å²) in [6, 6.07) is 0.320. The van der Waals surface area contributed by atoms with Crippen LogP contribution in [0.3, 0.4) is 0 Å². The van der Waals surface area contributed by atoms with Crippen LogP contribution in [0, 0.1) is 11.8 Å². The van der Waals surface area contributed by atoms with E-state index in [-0.39, 0.29) is 6.54 Å². The number of nitrogens with zero attached hydrogens (tertiary/aromatic N) is 1. The molecule has 5 heteroatoms. The molecule has 0 radical (unpaired) electrons. The van der Waals surface area contributed by atoms with Gasteiger partial charge in [-0.2, -0.15) is 13.2 Å². The minimum Gasteiger partial charge on any atom is -0.313 e. The molecule has 1 aliphatic carbocycles. The topological polar surface area (TPSA) is 15.3 Å². The second-order valence-corrected chi connectivity index (χ2v) is 5.29. The van der Waals surface area contributed by atoms with E-state index in [0.29, 0.717) is 17.9 Å². The summed E-state index contributed by atoms with van der Waals surface area (Å²) in [5, 5.41) is 3.14. The third kappa shape index (κ3) is 3.35. The van der Waals surface area contributed by atoms with Gasteiger partial charge in [-0.15, -0.1) is 0 Å². The summed E-state index contributed by atoms with van der Waals surface area (Å²) in [5.74, 6) is 1.11. The molecule has 1 N–H and O–H groups in total. The van der Waals surface area contributed by atoms with Crippen molar-refractivity contribution in [1.29, 1.82) is 0 Å². The molecule has 0 amide bonds. The van der Waals surface area contributed by atoms with Gasteiger partial charge in [0.2, 0.25) is 0 Å². The lowest BCUT2D eigenvalue weighted by atomic mass is 9.92. The summed E-state index contributed by atoms with van der Waals surface area (Å²) < 4.78 is 36.3. The minimum absolute atomic E-state index is 0.0767. The average molecular weight is 250 g/mol. The molecule has 0 aromatic carbocycles. The highest BCUT2D eigenvalue weighted by Crippen LogP contribution is 2.36. The molecule has 1 saturated carbocycles. The summed E-state index contributed by atoms with van der Waals surface area (Å²) in [4.78, 5) is 2.42. The van der Waals surface area contributed by atoms with E-state index < -0.39 is 12.6 Å². The Bertz CT molecular complexity index is 241. The third-order valence-electron chi connectivity index (χ3n) is 4.15. The number of likely N-dealkylation sites (tertiary alicyclic amines) is 1. The number of alkyl halides is 3. The highest BCUT2D eigenvalue weighted by molar-refractivity contribution is 4.96. The predicted octanol–water partition coefficient (Wildman–Crippen LogP) is 2.26. The summed E-state index contributed by atoms with van der Waals surface area (Å²) in [6.07, 6.45) is -2.40. The van der Waals surface area contributed by atoms with E-state index in [1.807, 2.05) is 0 Å². The van der Waals surface area contributed by atoms with Gasteiger partial charge in [0.15, 0.2) is 0 Å². The molecule has 1 heterocycles. The van der Waals surface area contributed by atoms with Gasteiger partial charge in [0.05, 0.1) is 6.42 Å².